The van der Waals surface area contributed by atoms with E-state index in [9.17, 15) is 19.5 Å². The van der Waals surface area contributed by atoms with Crippen LogP contribution in [-0.2, 0) is 11.3 Å². The molecular weight excluding hydrogens is 446 g/mol. The molecule has 3 N–H and O–H groups in total. The number of primary amides is 1. The van der Waals surface area contributed by atoms with Gasteiger partial charge in [0.05, 0.1) is 6.04 Å². The van der Waals surface area contributed by atoms with Crippen molar-refractivity contribution in [3.8, 4) is 16.9 Å². The minimum Gasteiger partial charge on any atom is -0.508 e. The second kappa shape index (κ2) is 8.01. The number of nitrogens with zero attached hydrogens (tertiary/aromatic N) is 2. The van der Waals surface area contributed by atoms with Gasteiger partial charge in [0.1, 0.15) is 11.4 Å². The number of phenolic OH excluding ortho intramolecular Hbond substituents is 1. The second-order valence-corrected chi connectivity index (χ2v) is 10.1. The molecule has 8 nitrogen and oxygen atoms in total. The highest BCUT2D eigenvalue weighted by molar-refractivity contribution is 6.07. The van der Waals surface area contributed by atoms with Crippen molar-refractivity contribution < 1.29 is 24.2 Å². The van der Waals surface area contributed by atoms with Crippen LogP contribution in [0, 0.1) is 0 Å². The standard InChI is InChI=1S/C27H27N3O5/c1-27(2,3)35-26(34)29-12-17(13-29)30-14-23-21(24(28)32)9-16(10-22(23)25(30)33)20-11-18(31)8-15-6-4-5-7-19(15)20/h4-11,17,31H,12-14H2,1-3H3,(H2,28,32). The van der Waals surface area contributed by atoms with Gasteiger partial charge in [0.25, 0.3) is 5.91 Å². The van der Waals surface area contributed by atoms with Crippen molar-refractivity contribution in [3.63, 3.8) is 0 Å². The number of benzene rings is 3. The Morgan fingerprint density at radius 3 is 2.46 bits per heavy atom. The number of hydrogen-bond donors (Lipinski definition) is 2. The van der Waals surface area contributed by atoms with Crippen molar-refractivity contribution in [1.82, 2.24) is 9.80 Å². The molecule has 0 bridgehead atoms. The van der Waals surface area contributed by atoms with Crippen LogP contribution in [0.5, 0.6) is 5.75 Å². The number of fused-ring (bicyclic) bond motifs is 2. The zero-order valence-corrected chi connectivity index (χ0v) is 19.9. The third-order valence-corrected chi connectivity index (χ3v) is 6.45. The SMILES string of the molecule is CC(C)(C)OC(=O)N1CC(N2Cc3c(C(N)=O)cc(-c4cc(O)cc5ccccc45)cc3C2=O)C1. The van der Waals surface area contributed by atoms with Crippen LogP contribution in [0.3, 0.4) is 0 Å². The zero-order valence-electron chi connectivity index (χ0n) is 19.9. The van der Waals surface area contributed by atoms with E-state index in [1.807, 2.05) is 24.3 Å². The van der Waals surface area contributed by atoms with Gasteiger partial charge >= 0.3 is 6.09 Å². The molecule has 3 aromatic carbocycles. The molecule has 0 radical (unpaired) electrons. The molecule has 180 valence electrons. The van der Waals surface area contributed by atoms with Crippen LogP contribution in [0.25, 0.3) is 21.9 Å². The number of aromatic hydroxyl groups is 1. The topological polar surface area (TPSA) is 113 Å². The molecule has 0 atom stereocenters. The number of carbonyl (C=O) groups excluding carboxylic acids is 3. The van der Waals surface area contributed by atoms with E-state index >= 15 is 0 Å². The first kappa shape index (κ1) is 22.7. The van der Waals surface area contributed by atoms with Crippen LogP contribution >= 0.6 is 0 Å². The van der Waals surface area contributed by atoms with E-state index < -0.39 is 17.6 Å². The van der Waals surface area contributed by atoms with Gasteiger partial charge in [0.2, 0.25) is 5.91 Å². The molecule has 3 aromatic rings. The molecule has 2 heterocycles. The zero-order chi connectivity index (χ0) is 25.1. The summed E-state index contributed by atoms with van der Waals surface area (Å²) in [4.78, 5) is 41.3. The van der Waals surface area contributed by atoms with E-state index in [4.69, 9.17) is 10.5 Å². The maximum Gasteiger partial charge on any atom is 0.410 e. The molecule has 0 saturated carbocycles. The van der Waals surface area contributed by atoms with Crippen molar-refractivity contribution >= 4 is 28.7 Å². The summed E-state index contributed by atoms with van der Waals surface area (Å²) in [5, 5.41) is 12.0. The lowest BCUT2D eigenvalue weighted by Gasteiger charge is -2.43. The molecule has 2 aliphatic rings. The average Bonchev–Trinajstić information content (AvgIpc) is 3.06. The first-order valence-corrected chi connectivity index (χ1v) is 11.5. The highest BCUT2D eigenvalue weighted by Gasteiger charge is 2.43. The molecule has 1 fully saturated rings. The average molecular weight is 474 g/mol. The van der Waals surface area contributed by atoms with Crippen molar-refractivity contribution in [2.75, 3.05) is 13.1 Å². The minimum absolute atomic E-state index is 0.0875. The van der Waals surface area contributed by atoms with Crippen LogP contribution in [0.4, 0.5) is 4.79 Å². The maximum absolute atomic E-state index is 13.4. The molecule has 0 spiro atoms. The Labute approximate surface area is 202 Å². The maximum atomic E-state index is 13.4. The Balaban J connectivity index is 1.47. The Kier molecular flexibility index (Phi) is 5.20. The third-order valence-electron chi connectivity index (χ3n) is 6.45. The first-order chi connectivity index (χ1) is 16.5. The first-order valence-electron chi connectivity index (χ1n) is 11.5. The van der Waals surface area contributed by atoms with Crippen molar-refractivity contribution in [1.29, 1.82) is 0 Å². The molecule has 0 aromatic heterocycles. The summed E-state index contributed by atoms with van der Waals surface area (Å²) >= 11 is 0. The third kappa shape index (κ3) is 4.05. The number of ether oxygens (including phenoxy) is 1. The molecule has 0 unspecified atom stereocenters. The predicted molar refractivity (Wildman–Crippen MR) is 131 cm³/mol. The van der Waals surface area contributed by atoms with Gasteiger partial charge in [-0.25, -0.2) is 4.79 Å². The van der Waals surface area contributed by atoms with Gasteiger partial charge in [0, 0.05) is 30.8 Å². The number of hydrogen-bond acceptors (Lipinski definition) is 5. The van der Waals surface area contributed by atoms with Crippen LogP contribution in [0.15, 0.2) is 48.5 Å². The van der Waals surface area contributed by atoms with E-state index in [0.717, 1.165) is 10.8 Å². The summed E-state index contributed by atoms with van der Waals surface area (Å²) in [5.74, 6) is -0.738. The largest absolute Gasteiger partial charge is 0.508 e. The monoisotopic (exact) mass is 473 g/mol. The fraction of sp³-hybridized carbons (Fsp3) is 0.296. The number of likely N-dealkylation sites (tertiary alicyclic amines) is 1. The molecule has 0 aliphatic carbocycles. The predicted octanol–water partition coefficient (Wildman–Crippen LogP) is 3.89. The number of rotatable bonds is 3. The van der Waals surface area contributed by atoms with Crippen LogP contribution in [0.1, 0.15) is 47.1 Å². The summed E-state index contributed by atoms with van der Waals surface area (Å²) in [6.45, 7) is 6.40. The van der Waals surface area contributed by atoms with E-state index in [-0.39, 0.29) is 29.8 Å². The lowest BCUT2D eigenvalue weighted by molar-refractivity contribution is -0.0125. The summed E-state index contributed by atoms with van der Waals surface area (Å²) in [6, 6.07) is 14.2. The molecule has 5 rings (SSSR count). The lowest BCUT2D eigenvalue weighted by Crippen LogP contribution is -2.61. The van der Waals surface area contributed by atoms with Gasteiger partial charge < -0.3 is 25.4 Å². The van der Waals surface area contributed by atoms with E-state index in [1.54, 1.807) is 54.8 Å². The molecule has 35 heavy (non-hydrogen) atoms. The van der Waals surface area contributed by atoms with Gasteiger partial charge in [-0.2, -0.15) is 0 Å². The summed E-state index contributed by atoms with van der Waals surface area (Å²) in [7, 11) is 0. The van der Waals surface area contributed by atoms with Gasteiger partial charge in [-0.05, 0) is 72.5 Å². The summed E-state index contributed by atoms with van der Waals surface area (Å²) < 4.78 is 5.40. The Morgan fingerprint density at radius 2 is 1.77 bits per heavy atom. The van der Waals surface area contributed by atoms with Crippen LogP contribution in [-0.4, -0.2) is 57.5 Å². The quantitative estimate of drug-likeness (QED) is 0.599. The number of nitrogens with two attached hydrogens (primary N) is 1. The number of amides is 3. The minimum atomic E-state index is -0.619. The summed E-state index contributed by atoms with van der Waals surface area (Å²) in [5.41, 5.74) is 7.75. The highest BCUT2D eigenvalue weighted by atomic mass is 16.6. The molecule has 1 saturated heterocycles. The van der Waals surface area contributed by atoms with Crippen molar-refractivity contribution in [2.45, 2.75) is 39.0 Å². The van der Waals surface area contributed by atoms with Crippen molar-refractivity contribution in [2.24, 2.45) is 5.73 Å². The number of phenols is 1. The second-order valence-electron chi connectivity index (χ2n) is 10.1. The fourth-order valence-electron chi connectivity index (χ4n) is 4.76. The van der Waals surface area contributed by atoms with Gasteiger partial charge in [-0.15, -0.1) is 0 Å². The molecule has 3 amide bonds. The molecular formula is C27H27N3O5. The number of carbonyl (C=O) groups is 3. The van der Waals surface area contributed by atoms with E-state index in [2.05, 4.69) is 0 Å². The Morgan fingerprint density at radius 1 is 1.06 bits per heavy atom. The Hall–Kier alpha value is -4.07. The summed E-state index contributed by atoms with van der Waals surface area (Å²) in [6.07, 6.45) is -0.409. The molecule has 8 heteroatoms. The normalized spacial score (nSPS) is 15.8. The van der Waals surface area contributed by atoms with Crippen LogP contribution in [0.2, 0.25) is 0 Å². The lowest BCUT2D eigenvalue weighted by atomic mass is 9.92. The highest BCUT2D eigenvalue weighted by Crippen LogP contribution is 2.38. The fourth-order valence-corrected chi connectivity index (χ4v) is 4.76. The van der Waals surface area contributed by atoms with Crippen molar-refractivity contribution in [3.05, 3.63) is 65.2 Å². The Bertz CT molecular complexity index is 1390. The van der Waals surface area contributed by atoms with E-state index in [0.29, 0.717) is 35.3 Å². The smallest absolute Gasteiger partial charge is 0.410 e. The molecule has 2 aliphatic heterocycles. The van der Waals surface area contributed by atoms with Crippen LogP contribution < -0.4 is 5.73 Å². The van der Waals surface area contributed by atoms with Gasteiger partial charge in [-0.3, -0.25) is 9.59 Å². The van der Waals surface area contributed by atoms with Gasteiger partial charge in [-0.1, -0.05) is 24.3 Å². The van der Waals surface area contributed by atoms with Gasteiger partial charge in [0.15, 0.2) is 0 Å². The van der Waals surface area contributed by atoms with E-state index in [1.165, 1.54) is 0 Å².